The van der Waals surface area contributed by atoms with E-state index < -0.39 is 0 Å². The molecule has 7 heteroatoms. The Labute approximate surface area is 158 Å². The predicted molar refractivity (Wildman–Crippen MR) is 105 cm³/mol. The van der Waals surface area contributed by atoms with Gasteiger partial charge in [0.1, 0.15) is 5.82 Å². The van der Waals surface area contributed by atoms with E-state index >= 15 is 0 Å². The van der Waals surface area contributed by atoms with Crippen LogP contribution >= 0.6 is 23.2 Å². The summed E-state index contributed by atoms with van der Waals surface area (Å²) in [4.78, 5) is 10.9. The van der Waals surface area contributed by atoms with E-state index in [4.69, 9.17) is 23.2 Å². The van der Waals surface area contributed by atoms with E-state index in [1.54, 1.807) is 13.2 Å². The van der Waals surface area contributed by atoms with Crippen LogP contribution in [0, 0.1) is 0 Å². The summed E-state index contributed by atoms with van der Waals surface area (Å²) < 4.78 is 0. The number of hydrogen-bond acceptors (Lipinski definition) is 3. The van der Waals surface area contributed by atoms with Crippen LogP contribution in [-0.4, -0.2) is 37.1 Å². The number of halogens is 2. The molecule has 0 saturated carbocycles. The van der Waals surface area contributed by atoms with Crippen LogP contribution in [0.3, 0.4) is 0 Å². The normalized spacial score (nSPS) is 17.6. The van der Waals surface area contributed by atoms with Gasteiger partial charge in [0.15, 0.2) is 5.96 Å². The first-order valence-electron chi connectivity index (χ1n) is 8.23. The number of benzene rings is 1. The molecular weight excluding hydrogens is 357 g/mol. The molecule has 0 aliphatic carbocycles. The number of hydrogen-bond donors (Lipinski definition) is 2. The fourth-order valence-electron chi connectivity index (χ4n) is 2.86. The Morgan fingerprint density at radius 2 is 2.08 bits per heavy atom. The molecular formula is C18H21Cl2N5. The van der Waals surface area contributed by atoms with Crippen LogP contribution in [0.5, 0.6) is 0 Å². The summed E-state index contributed by atoms with van der Waals surface area (Å²) in [5.74, 6) is 1.63. The Kier molecular flexibility index (Phi) is 6.00. The molecule has 1 fully saturated rings. The zero-order valence-corrected chi connectivity index (χ0v) is 15.6. The summed E-state index contributed by atoms with van der Waals surface area (Å²) in [7, 11) is 1.78. The lowest BCUT2D eigenvalue weighted by molar-refractivity contribution is 0.648. The standard InChI is InChI=1S/C18H21Cl2N5/c1-21-18(23-11-13-4-6-14(19)7-5-13)24-15-8-10-25(12-15)17-16(20)3-2-9-22-17/h2-7,9,15H,8,10-12H2,1H3,(H2,21,23,24). The van der Waals surface area contributed by atoms with Crippen LogP contribution < -0.4 is 15.5 Å². The Morgan fingerprint density at radius 3 is 2.80 bits per heavy atom. The lowest BCUT2D eigenvalue weighted by Crippen LogP contribution is -2.44. The summed E-state index contributed by atoms with van der Waals surface area (Å²) in [6.45, 7) is 2.46. The maximum Gasteiger partial charge on any atom is 0.191 e. The number of guanidine groups is 1. The third kappa shape index (κ3) is 4.77. The molecule has 1 aromatic carbocycles. The molecule has 0 amide bonds. The first-order valence-corrected chi connectivity index (χ1v) is 8.98. The predicted octanol–water partition coefficient (Wildman–Crippen LogP) is 3.33. The van der Waals surface area contributed by atoms with Gasteiger partial charge in [-0.2, -0.15) is 0 Å². The highest BCUT2D eigenvalue weighted by molar-refractivity contribution is 6.32. The maximum atomic E-state index is 6.24. The first kappa shape index (κ1) is 17.8. The minimum absolute atomic E-state index is 0.300. The number of nitrogens with zero attached hydrogens (tertiary/aromatic N) is 3. The SMILES string of the molecule is CN=C(NCc1ccc(Cl)cc1)NC1CCN(c2ncccc2Cl)C1. The van der Waals surface area contributed by atoms with Gasteiger partial charge in [-0.15, -0.1) is 0 Å². The molecule has 1 aliphatic heterocycles. The number of aromatic nitrogens is 1. The second kappa shape index (κ2) is 8.41. The molecule has 1 aliphatic rings. The second-order valence-electron chi connectivity index (χ2n) is 5.94. The molecule has 0 spiro atoms. The summed E-state index contributed by atoms with van der Waals surface area (Å²) in [5, 5.41) is 8.23. The van der Waals surface area contributed by atoms with Crippen molar-refractivity contribution in [2.75, 3.05) is 25.0 Å². The smallest absolute Gasteiger partial charge is 0.191 e. The first-order chi connectivity index (χ1) is 12.2. The van der Waals surface area contributed by atoms with E-state index in [1.807, 2.05) is 36.4 Å². The number of aliphatic imine (C=N–C) groups is 1. The molecule has 0 bridgehead atoms. The van der Waals surface area contributed by atoms with Crippen molar-refractivity contribution in [3.63, 3.8) is 0 Å². The molecule has 25 heavy (non-hydrogen) atoms. The highest BCUT2D eigenvalue weighted by Crippen LogP contribution is 2.25. The van der Waals surface area contributed by atoms with Crippen LogP contribution in [0.2, 0.25) is 10.0 Å². The average Bonchev–Trinajstić information content (AvgIpc) is 3.08. The van der Waals surface area contributed by atoms with Crippen LogP contribution in [0.4, 0.5) is 5.82 Å². The largest absolute Gasteiger partial charge is 0.353 e. The Balaban J connectivity index is 1.53. The van der Waals surface area contributed by atoms with Gasteiger partial charge in [0.2, 0.25) is 0 Å². The minimum atomic E-state index is 0.300. The number of anilines is 1. The van der Waals surface area contributed by atoms with Gasteiger partial charge in [0.05, 0.1) is 5.02 Å². The van der Waals surface area contributed by atoms with Gasteiger partial charge in [0, 0.05) is 43.9 Å². The fourth-order valence-corrected chi connectivity index (χ4v) is 3.22. The fraction of sp³-hybridized carbons (Fsp3) is 0.333. The highest BCUT2D eigenvalue weighted by Gasteiger charge is 2.25. The van der Waals surface area contributed by atoms with E-state index in [1.165, 1.54) is 0 Å². The summed E-state index contributed by atoms with van der Waals surface area (Å²) in [6, 6.07) is 11.8. The van der Waals surface area contributed by atoms with E-state index in [0.717, 1.165) is 41.9 Å². The third-order valence-electron chi connectivity index (χ3n) is 4.16. The van der Waals surface area contributed by atoms with Crippen LogP contribution in [0.1, 0.15) is 12.0 Å². The molecule has 2 N–H and O–H groups in total. The zero-order chi connectivity index (χ0) is 17.6. The van der Waals surface area contributed by atoms with Crippen molar-refractivity contribution in [2.45, 2.75) is 19.0 Å². The number of rotatable bonds is 4. The quantitative estimate of drug-likeness (QED) is 0.633. The summed E-state index contributed by atoms with van der Waals surface area (Å²) in [6.07, 6.45) is 2.78. The Hall–Kier alpha value is -1.98. The van der Waals surface area contributed by atoms with Gasteiger partial charge < -0.3 is 15.5 Å². The Bertz CT molecular complexity index is 733. The maximum absolute atomic E-state index is 6.24. The van der Waals surface area contributed by atoms with Gasteiger partial charge in [0.25, 0.3) is 0 Å². The minimum Gasteiger partial charge on any atom is -0.353 e. The zero-order valence-electron chi connectivity index (χ0n) is 14.0. The monoisotopic (exact) mass is 377 g/mol. The molecule has 1 unspecified atom stereocenters. The highest BCUT2D eigenvalue weighted by atomic mass is 35.5. The van der Waals surface area contributed by atoms with Crippen LogP contribution in [0.25, 0.3) is 0 Å². The van der Waals surface area contributed by atoms with Crippen molar-refractivity contribution < 1.29 is 0 Å². The average molecular weight is 378 g/mol. The lowest BCUT2D eigenvalue weighted by atomic mass is 10.2. The molecule has 132 valence electrons. The van der Waals surface area contributed by atoms with Crippen molar-refractivity contribution >= 4 is 35.0 Å². The van der Waals surface area contributed by atoms with Crippen LogP contribution in [-0.2, 0) is 6.54 Å². The van der Waals surface area contributed by atoms with Gasteiger partial charge in [-0.3, -0.25) is 4.99 Å². The van der Waals surface area contributed by atoms with Gasteiger partial charge >= 0.3 is 0 Å². The van der Waals surface area contributed by atoms with E-state index in [-0.39, 0.29) is 0 Å². The third-order valence-corrected chi connectivity index (χ3v) is 4.71. The molecule has 2 heterocycles. The second-order valence-corrected chi connectivity index (χ2v) is 6.78. The number of pyridine rings is 1. The van der Waals surface area contributed by atoms with Gasteiger partial charge in [-0.25, -0.2) is 4.98 Å². The molecule has 0 radical (unpaired) electrons. The van der Waals surface area contributed by atoms with Gasteiger partial charge in [-0.1, -0.05) is 35.3 Å². The molecule has 5 nitrogen and oxygen atoms in total. The van der Waals surface area contributed by atoms with Gasteiger partial charge in [-0.05, 0) is 36.2 Å². The van der Waals surface area contributed by atoms with E-state index in [9.17, 15) is 0 Å². The van der Waals surface area contributed by atoms with Crippen molar-refractivity contribution in [1.29, 1.82) is 0 Å². The molecule has 2 aromatic rings. The summed E-state index contributed by atoms with van der Waals surface area (Å²) in [5.41, 5.74) is 1.15. The van der Waals surface area contributed by atoms with Crippen molar-refractivity contribution in [3.8, 4) is 0 Å². The number of nitrogens with one attached hydrogen (secondary N) is 2. The van der Waals surface area contributed by atoms with E-state index in [0.29, 0.717) is 17.6 Å². The van der Waals surface area contributed by atoms with Crippen molar-refractivity contribution in [3.05, 3.63) is 58.2 Å². The lowest BCUT2D eigenvalue weighted by Gasteiger charge is -2.20. The van der Waals surface area contributed by atoms with Crippen molar-refractivity contribution in [2.24, 2.45) is 4.99 Å². The Morgan fingerprint density at radius 1 is 1.28 bits per heavy atom. The molecule has 1 aromatic heterocycles. The molecule has 1 atom stereocenters. The summed E-state index contributed by atoms with van der Waals surface area (Å²) >= 11 is 12.2. The van der Waals surface area contributed by atoms with E-state index in [2.05, 4.69) is 25.5 Å². The van der Waals surface area contributed by atoms with Crippen molar-refractivity contribution in [1.82, 2.24) is 15.6 Å². The topological polar surface area (TPSA) is 52.6 Å². The molecule has 3 rings (SSSR count). The molecule has 1 saturated heterocycles. The van der Waals surface area contributed by atoms with Crippen LogP contribution in [0.15, 0.2) is 47.6 Å².